The van der Waals surface area contributed by atoms with E-state index in [1.54, 1.807) is 0 Å². The van der Waals surface area contributed by atoms with Gasteiger partial charge in [0.25, 0.3) is 0 Å². The van der Waals surface area contributed by atoms with Gasteiger partial charge >= 0.3 is 0 Å². The Hall–Kier alpha value is -0.130. The summed E-state index contributed by atoms with van der Waals surface area (Å²) in [5.41, 5.74) is 0. The van der Waals surface area contributed by atoms with Gasteiger partial charge in [-0.15, -0.1) is 0 Å². The fourth-order valence-electron chi connectivity index (χ4n) is 1.43. The molecule has 2 N–H and O–H groups in total. The minimum absolute atomic E-state index is 0.0621. The lowest BCUT2D eigenvalue weighted by Crippen LogP contribution is -2.45. The van der Waals surface area contributed by atoms with Crippen LogP contribution in [0.15, 0.2) is 0 Å². The average Bonchev–Trinajstić information content (AvgIpc) is 1.74. The van der Waals surface area contributed by atoms with Crippen molar-refractivity contribution in [1.82, 2.24) is 10.0 Å². The molecule has 1 fully saturated rings. The fraction of sp³-hybridized carbons (Fsp3) is 1.00. The van der Waals surface area contributed by atoms with Crippen LogP contribution in [-0.4, -0.2) is 33.8 Å². The van der Waals surface area contributed by atoms with Crippen LogP contribution in [0.5, 0.6) is 0 Å². The van der Waals surface area contributed by atoms with Crippen molar-refractivity contribution in [1.29, 1.82) is 0 Å². The molecule has 72 valence electrons. The molecule has 1 aliphatic heterocycles. The molecule has 12 heavy (non-hydrogen) atoms. The molecule has 1 rings (SSSR count). The first kappa shape index (κ1) is 9.95. The topological polar surface area (TPSA) is 58.2 Å². The molecule has 0 saturated carbocycles. The maximum atomic E-state index is 10.8. The Balaban J connectivity index is 2.23. The summed E-state index contributed by atoms with van der Waals surface area (Å²) < 4.78 is 24.2. The highest BCUT2D eigenvalue weighted by atomic mass is 32.2. The van der Waals surface area contributed by atoms with Crippen LogP contribution in [0.4, 0.5) is 0 Å². The van der Waals surface area contributed by atoms with Gasteiger partial charge in [-0.2, -0.15) is 0 Å². The third-order valence-electron chi connectivity index (χ3n) is 1.97. The second kappa shape index (κ2) is 3.72. The van der Waals surface area contributed by atoms with Crippen LogP contribution in [0.25, 0.3) is 0 Å². The van der Waals surface area contributed by atoms with Crippen LogP contribution >= 0.6 is 0 Å². The molecule has 5 heteroatoms. The number of nitrogens with one attached hydrogen (secondary N) is 2. The SMILES string of the molecule is CC(CC1CNC1)NS(C)(=O)=O. The first-order chi connectivity index (χ1) is 5.47. The highest BCUT2D eigenvalue weighted by molar-refractivity contribution is 7.88. The summed E-state index contributed by atoms with van der Waals surface area (Å²) in [6.07, 6.45) is 2.13. The molecule has 0 amide bonds. The maximum Gasteiger partial charge on any atom is 0.208 e. The number of rotatable bonds is 4. The molecule has 1 atom stereocenters. The van der Waals surface area contributed by atoms with Crippen molar-refractivity contribution < 1.29 is 8.42 Å². The molecule has 1 heterocycles. The van der Waals surface area contributed by atoms with Gasteiger partial charge in [0.05, 0.1) is 6.26 Å². The first-order valence-corrected chi connectivity index (χ1v) is 6.04. The highest BCUT2D eigenvalue weighted by Gasteiger charge is 2.20. The quantitative estimate of drug-likeness (QED) is 0.633. The third-order valence-corrected chi connectivity index (χ3v) is 2.80. The summed E-state index contributed by atoms with van der Waals surface area (Å²) in [5, 5.41) is 3.15. The third kappa shape index (κ3) is 3.51. The van der Waals surface area contributed by atoms with Crippen molar-refractivity contribution in [2.75, 3.05) is 19.3 Å². The summed E-state index contributed by atoms with van der Waals surface area (Å²) in [4.78, 5) is 0. The van der Waals surface area contributed by atoms with E-state index in [0.29, 0.717) is 5.92 Å². The van der Waals surface area contributed by atoms with Gasteiger partial charge in [0.15, 0.2) is 0 Å². The molecular formula is C7H16N2O2S. The summed E-state index contributed by atoms with van der Waals surface area (Å²) in [6.45, 7) is 3.95. The highest BCUT2D eigenvalue weighted by Crippen LogP contribution is 2.11. The van der Waals surface area contributed by atoms with E-state index < -0.39 is 10.0 Å². The summed E-state index contributed by atoms with van der Waals surface area (Å²) in [6, 6.07) is 0.0621. The first-order valence-electron chi connectivity index (χ1n) is 4.15. The van der Waals surface area contributed by atoms with Crippen molar-refractivity contribution in [3.8, 4) is 0 Å². The van der Waals surface area contributed by atoms with E-state index >= 15 is 0 Å². The van der Waals surface area contributed by atoms with E-state index in [1.807, 2.05) is 6.92 Å². The molecule has 0 aromatic rings. The van der Waals surface area contributed by atoms with Crippen molar-refractivity contribution in [2.24, 2.45) is 5.92 Å². The van der Waals surface area contributed by atoms with Crippen molar-refractivity contribution in [3.05, 3.63) is 0 Å². The fourth-order valence-corrected chi connectivity index (χ4v) is 2.26. The zero-order valence-corrected chi connectivity index (χ0v) is 8.32. The zero-order chi connectivity index (χ0) is 9.19. The van der Waals surface area contributed by atoms with Crippen LogP contribution < -0.4 is 10.0 Å². The summed E-state index contributed by atoms with van der Waals surface area (Å²) >= 11 is 0. The maximum absolute atomic E-state index is 10.8. The van der Waals surface area contributed by atoms with E-state index in [2.05, 4.69) is 10.0 Å². The molecule has 0 spiro atoms. The lowest BCUT2D eigenvalue weighted by Gasteiger charge is -2.29. The van der Waals surface area contributed by atoms with Gasteiger partial charge in [-0.1, -0.05) is 0 Å². The van der Waals surface area contributed by atoms with Gasteiger partial charge in [0.1, 0.15) is 0 Å². The Kier molecular flexibility index (Phi) is 3.09. The van der Waals surface area contributed by atoms with E-state index in [-0.39, 0.29) is 6.04 Å². The Labute approximate surface area is 73.8 Å². The van der Waals surface area contributed by atoms with E-state index in [1.165, 1.54) is 6.26 Å². The standard InChI is InChI=1S/C7H16N2O2S/c1-6(9-12(2,10)11)3-7-4-8-5-7/h6-9H,3-5H2,1-2H3. The molecule has 1 unspecified atom stereocenters. The normalized spacial score (nSPS) is 21.8. The Bertz CT molecular complexity index is 234. The molecule has 0 radical (unpaired) electrons. The van der Waals surface area contributed by atoms with Gasteiger partial charge < -0.3 is 5.32 Å². The number of hydrogen-bond acceptors (Lipinski definition) is 3. The predicted molar refractivity (Wildman–Crippen MR) is 48.4 cm³/mol. The number of hydrogen-bond donors (Lipinski definition) is 2. The molecule has 0 aliphatic carbocycles. The predicted octanol–water partition coefficient (Wildman–Crippen LogP) is -0.466. The molecule has 0 bridgehead atoms. The summed E-state index contributed by atoms with van der Waals surface area (Å²) in [7, 11) is -3.02. The zero-order valence-electron chi connectivity index (χ0n) is 7.50. The smallest absolute Gasteiger partial charge is 0.208 e. The van der Waals surface area contributed by atoms with Gasteiger partial charge in [-0.25, -0.2) is 13.1 Å². The molecule has 1 saturated heterocycles. The molecule has 0 aromatic carbocycles. The van der Waals surface area contributed by atoms with Crippen molar-refractivity contribution >= 4 is 10.0 Å². The van der Waals surface area contributed by atoms with Crippen molar-refractivity contribution in [3.63, 3.8) is 0 Å². The molecule has 4 nitrogen and oxygen atoms in total. The Morgan fingerprint density at radius 3 is 2.50 bits per heavy atom. The second-order valence-corrected chi connectivity index (χ2v) is 5.33. The van der Waals surface area contributed by atoms with Crippen LogP contribution in [0.2, 0.25) is 0 Å². The lowest BCUT2D eigenvalue weighted by molar-refractivity contribution is 0.304. The Morgan fingerprint density at radius 2 is 2.17 bits per heavy atom. The van der Waals surface area contributed by atoms with Crippen molar-refractivity contribution in [2.45, 2.75) is 19.4 Å². The van der Waals surface area contributed by atoms with Crippen LogP contribution in [0.1, 0.15) is 13.3 Å². The van der Waals surface area contributed by atoms with Crippen LogP contribution in [-0.2, 0) is 10.0 Å². The largest absolute Gasteiger partial charge is 0.316 e. The van der Waals surface area contributed by atoms with Gasteiger partial charge in [-0.05, 0) is 32.4 Å². The lowest BCUT2D eigenvalue weighted by atomic mass is 9.96. The van der Waals surface area contributed by atoms with E-state index in [9.17, 15) is 8.42 Å². The molecular weight excluding hydrogens is 176 g/mol. The Morgan fingerprint density at radius 1 is 1.58 bits per heavy atom. The minimum atomic E-state index is -3.02. The molecule has 0 aromatic heterocycles. The van der Waals surface area contributed by atoms with Gasteiger partial charge in [0.2, 0.25) is 10.0 Å². The van der Waals surface area contributed by atoms with Crippen LogP contribution in [0.3, 0.4) is 0 Å². The van der Waals surface area contributed by atoms with Gasteiger partial charge in [0, 0.05) is 6.04 Å². The second-order valence-electron chi connectivity index (χ2n) is 3.55. The van der Waals surface area contributed by atoms with Gasteiger partial charge in [-0.3, -0.25) is 0 Å². The molecule has 1 aliphatic rings. The minimum Gasteiger partial charge on any atom is -0.316 e. The van der Waals surface area contributed by atoms with E-state index in [0.717, 1.165) is 19.5 Å². The monoisotopic (exact) mass is 192 g/mol. The number of sulfonamides is 1. The van der Waals surface area contributed by atoms with E-state index in [4.69, 9.17) is 0 Å². The van der Waals surface area contributed by atoms with Crippen LogP contribution in [0, 0.1) is 5.92 Å². The average molecular weight is 192 g/mol. The summed E-state index contributed by atoms with van der Waals surface area (Å²) in [5.74, 6) is 0.647.